The van der Waals surface area contributed by atoms with Crippen molar-refractivity contribution in [2.24, 2.45) is 10.8 Å². The van der Waals surface area contributed by atoms with Crippen LogP contribution in [0.5, 0.6) is 11.5 Å². The molecule has 6 aromatic rings. The Balaban J connectivity index is 0.000000250. The molecule has 0 unspecified atom stereocenters. The minimum Gasteiger partial charge on any atom is -0.497 e. The molecule has 4 aromatic carbocycles. The van der Waals surface area contributed by atoms with E-state index in [1.54, 1.807) is 20.5 Å². The van der Waals surface area contributed by atoms with Gasteiger partial charge in [0.2, 0.25) is 0 Å². The molecule has 0 aliphatic heterocycles. The number of para-hydroxylation sites is 4. The third kappa shape index (κ3) is 7.52. The first-order valence-corrected chi connectivity index (χ1v) is 15.3. The van der Waals surface area contributed by atoms with Crippen LogP contribution in [-0.2, 0) is 0 Å². The number of hydrogen-bond acceptors (Lipinski definition) is 5. The van der Waals surface area contributed by atoms with Crippen molar-refractivity contribution in [3.63, 3.8) is 0 Å². The number of fused-ring (bicyclic) bond motifs is 2. The highest BCUT2D eigenvalue weighted by Gasteiger charge is 2.26. The Labute approximate surface area is 285 Å². The summed E-state index contributed by atoms with van der Waals surface area (Å²) in [5.41, 5.74) is 8.13. The largest absolute Gasteiger partial charge is 0.497 e. The first-order chi connectivity index (χ1) is 21.8. The minimum atomic E-state index is -0.459. The number of imidazole rings is 2. The molecule has 0 spiro atoms. The average molecular weight is 647 g/mol. The van der Waals surface area contributed by atoms with Crippen molar-refractivity contribution < 1.29 is 14.3 Å². The molecule has 0 N–H and O–H groups in total. The number of rotatable bonds is 6. The van der Waals surface area contributed by atoms with Gasteiger partial charge in [-0.05, 0) is 59.5 Å². The van der Waals surface area contributed by atoms with Gasteiger partial charge in [-0.1, -0.05) is 87.2 Å². The molecule has 0 aliphatic carbocycles. The molecule has 0 aliphatic rings. The van der Waals surface area contributed by atoms with Gasteiger partial charge < -0.3 is 9.47 Å². The van der Waals surface area contributed by atoms with Gasteiger partial charge in [0.25, 0.3) is 0 Å². The van der Waals surface area contributed by atoms with Crippen LogP contribution in [0.4, 0.5) is 0 Å². The molecule has 7 nitrogen and oxygen atoms in total. The van der Waals surface area contributed by atoms with E-state index in [4.69, 9.17) is 9.47 Å². The Hall–Kier alpha value is -5.17. The van der Waals surface area contributed by atoms with E-state index < -0.39 is 5.41 Å². The lowest BCUT2D eigenvalue weighted by Crippen LogP contribution is -2.22. The summed E-state index contributed by atoms with van der Waals surface area (Å²) in [5.74, 6) is 1.62. The molecule has 2 aromatic heterocycles. The van der Waals surface area contributed by atoms with Gasteiger partial charge in [0.05, 0.1) is 47.7 Å². The summed E-state index contributed by atoms with van der Waals surface area (Å²) in [6.45, 7) is 16.6. The van der Waals surface area contributed by atoms with E-state index in [9.17, 15) is 4.79 Å². The summed E-state index contributed by atoms with van der Waals surface area (Å²) < 4.78 is 14.8. The molecule has 252 valence electrons. The standard InChI is InChI=1S/C20H22N2O.C19H20N2O2.2CH4/c1-14(20(2,3)4)16-11-10-15(23-5)12-19(16)22-13-21-17-8-6-7-9-18(17)22;1-19(2,3)18(22)14-10-9-13(23-4)11-17(14)21-12-20-15-7-5-6-8-16(15)21;;/h6-13H,1H2,2-5H3;5-12H,1-4H3;2*1H4. The van der Waals surface area contributed by atoms with E-state index in [2.05, 4.69) is 54.0 Å². The van der Waals surface area contributed by atoms with Gasteiger partial charge in [0.1, 0.15) is 24.2 Å². The van der Waals surface area contributed by atoms with Crippen LogP contribution >= 0.6 is 0 Å². The third-order valence-electron chi connectivity index (χ3n) is 7.99. The Morgan fingerprint density at radius 3 is 1.46 bits per heavy atom. The molecule has 0 saturated heterocycles. The molecule has 0 fully saturated rings. The smallest absolute Gasteiger partial charge is 0.170 e. The average Bonchev–Trinajstić information content (AvgIpc) is 3.68. The quantitative estimate of drug-likeness (QED) is 0.168. The zero-order valence-electron chi connectivity index (χ0n) is 28.0. The van der Waals surface area contributed by atoms with E-state index in [1.807, 2.05) is 104 Å². The first-order valence-electron chi connectivity index (χ1n) is 15.3. The van der Waals surface area contributed by atoms with Crippen molar-refractivity contribution >= 4 is 33.4 Å². The number of ether oxygens (including phenoxy) is 2. The summed E-state index contributed by atoms with van der Waals surface area (Å²) in [5, 5.41) is 0. The number of allylic oxidation sites excluding steroid dienone is 1. The van der Waals surface area contributed by atoms with Crippen LogP contribution in [-0.4, -0.2) is 39.1 Å². The number of carbonyl (C=O) groups excluding carboxylic acids is 1. The molecular formula is C41H50N4O3. The van der Waals surface area contributed by atoms with Gasteiger partial charge in [0, 0.05) is 28.7 Å². The third-order valence-corrected chi connectivity index (χ3v) is 7.99. The predicted octanol–water partition coefficient (Wildman–Crippen LogP) is 10.6. The molecular weight excluding hydrogens is 596 g/mol. The predicted molar refractivity (Wildman–Crippen MR) is 201 cm³/mol. The Morgan fingerprint density at radius 2 is 1.04 bits per heavy atom. The van der Waals surface area contributed by atoms with Crippen LogP contribution in [0.1, 0.15) is 72.3 Å². The Morgan fingerprint density at radius 1 is 0.625 bits per heavy atom. The monoisotopic (exact) mass is 646 g/mol. The molecule has 0 saturated carbocycles. The molecule has 48 heavy (non-hydrogen) atoms. The number of benzene rings is 4. The molecule has 7 heteroatoms. The minimum absolute atomic E-state index is 0. The summed E-state index contributed by atoms with van der Waals surface area (Å²) in [6, 6.07) is 27.6. The highest BCUT2D eigenvalue weighted by Crippen LogP contribution is 2.38. The van der Waals surface area contributed by atoms with Crippen LogP contribution < -0.4 is 9.47 Å². The molecule has 2 heterocycles. The lowest BCUT2D eigenvalue weighted by Gasteiger charge is -2.25. The van der Waals surface area contributed by atoms with Crippen LogP contribution in [0.3, 0.4) is 0 Å². The molecule has 0 bridgehead atoms. The molecule has 6 rings (SSSR count). The van der Waals surface area contributed by atoms with Crippen LogP contribution in [0, 0.1) is 10.8 Å². The maximum Gasteiger partial charge on any atom is 0.170 e. The number of ketones is 1. The topological polar surface area (TPSA) is 71.2 Å². The van der Waals surface area contributed by atoms with E-state index in [0.717, 1.165) is 50.3 Å². The number of hydrogen-bond donors (Lipinski definition) is 0. The first kappa shape index (κ1) is 37.3. The summed E-state index contributed by atoms with van der Waals surface area (Å²) >= 11 is 0. The zero-order chi connectivity index (χ0) is 33.2. The van der Waals surface area contributed by atoms with Gasteiger partial charge in [-0.3, -0.25) is 13.9 Å². The van der Waals surface area contributed by atoms with Crippen LogP contribution in [0.25, 0.3) is 39.0 Å². The van der Waals surface area contributed by atoms with Crippen molar-refractivity contribution in [3.05, 3.63) is 115 Å². The number of aromatic nitrogens is 4. The number of methoxy groups -OCH3 is 2. The van der Waals surface area contributed by atoms with Crippen molar-refractivity contribution in [2.45, 2.75) is 56.4 Å². The van der Waals surface area contributed by atoms with Crippen LogP contribution in [0.15, 0.2) is 104 Å². The van der Waals surface area contributed by atoms with Crippen LogP contribution in [0.2, 0.25) is 0 Å². The SMILES string of the molecule is C.C.C=C(c1ccc(OC)cc1-n1cnc2ccccc21)C(C)(C)C.COc1ccc(C(=O)C(C)(C)C)c(-n2cnc3ccccc32)c1. The Bertz CT molecular complexity index is 1890. The second kappa shape index (κ2) is 14.7. The van der Waals surface area contributed by atoms with Gasteiger partial charge >= 0.3 is 0 Å². The second-order valence-electron chi connectivity index (χ2n) is 13.3. The normalized spacial score (nSPS) is 11.2. The van der Waals surface area contributed by atoms with Crippen molar-refractivity contribution in [3.8, 4) is 22.9 Å². The summed E-state index contributed by atoms with van der Waals surface area (Å²) in [4.78, 5) is 21.8. The van der Waals surface area contributed by atoms with Crippen molar-refractivity contribution in [1.82, 2.24) is 19.1 Å². The fraction of sp³-hybridized carbons (Fsp3) is 0.293. The van der Waals surface area contributed by atoms with Gasteiger partial charge in [-0.15, -0.1) is 0 Å². The lowest BCUT2D eigenvalue weighted by atomic mass is 9.82. The highest BCUT2D eigenvalue weighted by molar-refractivity contribution is 6.03. The summed E-state index contributed by atoms with van der Waals surface area (Å²) in [6.07, 6.45) is 3.61. The van der Waals surface area contributed by atoms with Gasteiger partial charge in [0.15, 0.2) is 5.78 Å². The van der Waals surface area contributed by atoms with E-state index in [0.29, 0.717) is 11.3 Å². The zero-order valence-corrected chi connectivity index (χ0v) is 28.0. The molecule has 0 atom stereocenters. The highest BCUT2D eigenvalue weighted by atomic mass is 16.5. The molecule has 0 amide bonds. The number of Topliss-reactive ketones (excluding diaryl/α,β-unsaturated/α-hetero) is 1. The van der Waals surface area contributed by atoms with E-state index in [1.165, 1.54) is 0 Å². The fourth-order valence-corrected chi connectivity index (χ4v) is 5.23. The fourth-order valence-electron chi connectivity index (χ4n) is 5.23. The summed E-state index contributed by atoms with van der Waals surface area (Å²) in [7, 11) is 3.31. The van der Waals surface area contributed by atoms with Gasteiger partial charge in [-0.25, -0.2) is 9.97 Å². The maximum atomic E-state index is 12.8. The Kier molecular flexibility index (Phi) is 11.4. The second-order valence-corrected chi connectivity index (χ2v) is 13.3. The van der Waals surface area contributed by atoms with E-state index in [-0.39, 0.29) is 26.1 Å². The maximum absolute atomic E-state index is 12.8. The van der Waals surface area contributed by atoms with Gasteiger partial charge in [-0.2, -0.15) is 0 Å². The number of carbonyl (C=O) groups is 1. The number of nitrogens with zero attached hydrogens (tertiary/aromatic N) is 4. The van der Waals surface area contributed by atoms with Crippen molar-refractivity contribution in [1.29, 1.82) is 0 Å². The van der Waals surface area contributed by atoms with E-state index >= 15 is 0 Å². The molecule has 0 radical (unpaired) electrons. The lowest BCUT2D eigenvalue weighted by molar-refractivity contribution is 0.0858. The van der Waals surface area contributed by atoms with Crippen molar-refractivity contribution in [2.75, 3.05) is 14.2 Å².